The van der Waals surface area contributed by atoms with E-state index in [9.17, 15) is 9.59 Å². The lowest BCUT2D eigenvalue weighted by molar-refractivity contribution is -0.128. The van der Waals surface area contributed by atoms with Crippen molar-refractivity contribution in [2.45, 2.75) is 32.6 Å². The molecular formula is C16H22N2O2. The van der Waals surface area contributed by atoms with Crippen LogP contribution in [0.25, 0.3) is 0 Å². The maximum absolute atomic E-state index is 11.8. The van der Waals surface area contributed by atoms with Crippen molar-refractivity contribution in [3.63, 3.8) is 0 Å². The van der Waals surface area contributed by atoms with Gasteiger partial charge in [-0.25, -0.2) is 0 Å². The van der Waals surface area contributed by atoms with Crippen molar-refractivity contribution in [3.8, 4) is 0 Å². The molecule has 0 aliphatic carbocycles. The summed E-state index contributed by atoms with van der Waals surface area (Å²) in [6, 6.07) is 8.50. The Morgan fingerprint density at radius 2 is 2.00 bits per heavy atom. The number of hydrogen-bond donors (Lipinski definition) is 1. The lowest BCUT2D eigenvalue weighted by atomic mass is 10.0. The van der Waals surface area contributed by atoms with Gasteiger partial charge < -0.3 is 10.6 Å². The number of carbonyl (C=O) groups excluding carboxylic acids is 2. The Kier molecular flexibility index (Phi) is 4.42. The monoisotopic (exact) mass is 274 g/mol. The summed E-state index contributed by atoms with van der Waals surface area (Å²) in [6.45, 7) is 5.46. The zero-order chi connectivity index (χ0) is 14.7. The molecule has 1 aromatic carbocycles. The third kappa shape index (κ3) is 3.38. The fourth-order valence-corrected chi connectivity index (χ4v) is 2.51. The number of amides is 2. The molecule has 2 amide bonds. The van der Waals surface area contributed by atoms with Crippen molar-refractivity contribution in [2.75, 3.05) is 13.1 Å². The molecule has 1 heterocycles. The van der Waals surface area contributed by atoms with Crippen LogP contribution in [0.3, 0.4) is 0 Å². The van der Waals surface area contributed by atoms with E-state index in [2.05, 4.69) is 38.1 Å². The molecule has 108 valence electrons. The molecule has 1 fully saturated rings. The molecule has 0 saturated carbocycles. The van der Waals surface area contributed by atoms with Crippen LogP contribution in [-0.4, -0.2) is 29.8 Å². The predicted molar refractivity (Wildman–Crippen MR) is 78.1 cm³/mol. The van der Waals surface area contributed by atoms with Gasteiger partial charge in [0.25, 0.3) is 0 Å². The summed E-state index contributed by atoms with van der Waals surface area (Å²) in [5.41, 5.74) is 7.79. The van der Waals surface area contributed by atoms with Crippen molar-refractivity contribution >= 4 is 11.8 Å². The molecule has 0 radical (unpaired) electrons. The quantitative estimate of drug-likeness (QED) is 0.888. The lowest BCUT2D eigenvalue weighted by Gasteiger charge is -2.16. The third-order valence-electron chi connectivity index (χ3n) is 3.93. The van der Waals surface area contributed by atoms with Gasteiger partial charge in [0.1, 0.15) is 0 Å². The highest BCUT2D eigenvalue weighted by Crippen LogP contribution is 2.19. The van der Waals surface area contributed by atoms with Gasteiger partial charge >= 0.3 is 0 Å². The number of hydrogen-bond acceptors (Lipinski definition) is 2. The SMILES string of the molecule is CC(C)c1ccc(CCN2CC(C(N)=O)CC2=O)cc1. The molecule has 0 spiro atoms. The third-order valence-corrected chi connectivity index (χ3v) is 3.93. The van der Waals surface area contributed by atoms with Crippen LogP contribution >= 0.6 is 0 Å². The van der Waals surface area contributed by atoms with E-state index < -0.39 is 0 Å². The maximum Gasteiger partial charge on any atom is 0.223 e. The van der Waals surface area contributed by atoms with Crippen LogP contribution < -0.4 is 5.73 Å². The summed E-state index contributed by atoms with van der Waals surface area (Å²) in [4.78, 5) is 24.6. The zero-order valence-corrected chi connectivity index (χ0v) is 12.1. The van der Waals surface area contributed by atoms with Crippen LogP contribution in [0.5, 0.6) is 0 Å². The molecule has 1 atom stereocenters. The van der Waals surface area contributed by atoms with E-state index in [1.165, 1.54) is 11.1 Å². The fourth-order valence-electron chi connectivity index (χ4n) is 2.51. The van der Waals surface area contributed by atoms with Crippen LogP contribution in [0.2, 0.25) is 0 Å². The molecule has 2 rings (SSSR count). The fraction of sp³-hybridized carbons (Fsp3) is 0.500. The summed E-state index contributed by atoms with van der Waals surface area (Å²) in [7, 11) is 0. The van der Waals surface area contributed by atoms with Crippen molar-refractivity contribution < 1.29 is 9.59 Å². The van der Waals surface area contributed by atoms with E-state index in [4.69, 9.17) is 5.73 Å². The van der Waals surface area contributed by atoms with E-state index in [1.54, 1.807) is 4.90 Å². The summed E-state index contributed by atoms with van der Waals surface area (Å²) >= 11 is 0. The second-order valence-electron chi connectivity index (χ2n) is 5.79. The van der Waals surface area contributed by atoms with Gasteiger partial charge in [-0.3, -0.25) is 9.59 Å². The molecular weight excluding hydrogens is 252 g/mol. The highest BCUT2D eigenvalue weighted by Gasteiger charge is 2.32. The first-order valence-corrected chi connectivity index (χ1v) is 7.13. The van der Waals surface area contributed by atoms with E-state index >= 15 is 0 Å². The Labute approximate surface area is 119 Å². The van der Waals surface area contributed by atoms with Gasteiger partial charge in [-0.05, 0) is 23.5 Å². The summed E-state index contributed by atoms with van der Waals surface area (Å²) in [5.74, 6) is -0.124. The number of rotatable bonds is 5. The molecule has 0 aromatic heterocycles. The first kappa shape index (κ1) is 14.6. The van der Waals surface area contributed by atoms with E-state index in [0.29, 0.717) is 19.0 Å². The zero-order valence-electron chi connectivity index (χ0n) is 12.1. The van der Waals surface area contributed by atoms with Gasteiger partial charge in [0, 0.05) is 19.5 Å². The molecule has 1 aliphatic rings. The predicted octanol–water partition coefficient (Wildman–Crippen LogP) is 1.69. The van der Waals surface area contributed by atoms with Gasteiger partial charge in [-0.2, -0.15) is 0 Å². The Bertz CT molecular complexity index is 494. The molecule has 1 saturated heterocycles. The van der Waals surface area contributed by atoms with Crippen LogP contribution in [0.4, 0.5) is 0 Å². The van der Waals surface area contributed by atoms with Crippen molar-refractivity contribution in [1.29, 1.82) is 0 Å². The topological polar surface area (TPSA) is 63.4 Å². The van der Waals surface area contributed by atoms with E-state index in [1.807, 2.05) is 0 Å². The number of likely N-dealkylation sites (tertiary alicyclic amines) is 1. The average Bonchev–Trinajstić information content (AvgIpc) is 2.78. The minimum absolute atomic E-state index is 0.0348. The molecule has 4 heteroatoms. The Balaban J connectivity index is 1.89. The molecule has 20 heavy (non-hydrogen) atoms. The summed E-state index contributed by atoms with van der Waals surface area (Å²) in [5, 5.41) is 0. The summed E-state index contributed by atoms with van der Waals surface area (Å²) < 4.78 is 0. The van der Waals surface area contributed by atoms with Crippen molar-refractivity contribution in [3.05, 3.63) is 35.4 Å². The van der Waals surface area contributed by atoms with Gasteiger partial charge in [-0.15, -0.1) is 0 Å². The van der Waals surface area contributed by atoms with Crippen LogP contribution in [0, 0.1) is 5.92 Å². The van der Waals surface area contributed by atoms with Crippen LogP contribution in [0.15, 0.2) is 24.3 Å². The minimum Gasteiger partial charge on any atom is -0.369 e. The molecule has 1 aliphatic heterocycles. The van der Waals surface area contributed by atoms with Crippen LogP contribution in [0.1, 0.15) is 37.3 Å². The normalized spacial score (nSPS) is 18.9. The Morgan fingerprint density at radius 1 is 1.35 bits per heavy atom. The highest BCUT2D eigenvalue weighted by atomic mass is 16.2. The second-order valence-corrected chi connectivity index (χ2v) is 5.79. The average molecular weight is 274 g/mol. The number of benzene rings is 1. The highest BCUT2D eigenvalue weighted by molar-refractivity contribution is 5.88. The molecule has 0 bridgehead atoms. The van der Waals surface area contributed by atoms with Gasteiger partial charge in [0.05, 0.1) is 5.92 Å². The van der Waals surface area contributed by atoms with E-state index in [-0.39, 0.29) is 24.2 Å². The van der Waals surface area contributed by atoms with Gasteiger partial charge in [-0.1, -0.05) is 38.1 Å². The smallest absolute Gasteiger partial charge is 0.223 e. The first-order valence-electron chi connectivity index (χ1n) is 7.13. The Morgan fingerprint density at radius 3 is 2.50 bits per heavy atom. The Hall–Kier alpha value is -1.84. The van der Waals surface area contributed by atoms with Gasteiger partial charge in [0.2, 0.25) is 11.8 Å². The molecule has 1 unspecified atom stereocenters. The number of primary amides is 1. The second kappa shape index (κ2) is 6.07. The first-order chi connectivity index (χ1) is 9.47. The standard InChI is InChI=1S/C16H22N2O2/c1-11(2)13-5-3-12(4-6-13)7-8-18-10-14(16(17)20)9-15(18)19/h3-6,11,14H,7-10H2,1-2H3,(H2,17,20). The molecule has 2 N–H and O–H groups in total. The maximum atomic E-state index is 11.8. The number of nitrogens with zero attached hydrogens (tertiary/aromatic N) is 1. The number of carbonyl (C=O) groups is 2. The largest absolute Gasteiger partial charge is 0.369 e. The number of nitrogens with two attached hydrogens (primary N) is 1. The van der Waals surface area contributed by atoms with Crippen molar-refractivity contribution in [1.82, 2.24) is 4.90 Å². The van der Waals surface area contributed by atoms with Gasteiger partial charge in [0.15, 0.2) is 0 Å². The molecule has 4 nitrogen and oxygen atoms in total. The minimum atomic E-state index is -0.373. The molecule has 1 aromatic rings. The van der Waals surface area contributed by atoms with E-state index in [0.717, 1.165) is 6.42 Å². The lowest BCUT2D eigenvalue weighted by Crippen LogP contribution is -2.30. The van der Waals surface area contributed by atoms with Crippen LogP contribution in [-0.2, 0) is 16.0 Å². The van der Waals surface area contributed by atoms with Crippen molar-refractivity contribution in [2.24, 2.45) is 11.7 Å². The summed E-state index contributed by atoms with van der Waals surface area (Å²) in [6.07, 6.45) is 1.08.